The third kappa shape index (κ3) is 2.89. The smallest absolute Gasteiger partial charge is 0.290 e. The molecule has 0 aromatic rings. The van der Waals surface area contributed by atoms with E-state index in [0.29, 0.717) is 17.4 Å². The SMILES string of the molecule is COC1=C(C)C(=O)[C@]2(C)C(=C(C)C=C(C)[C@H]2/C=C/CC(C)C)O1. The van der Waals surface area contributed by atoms with Gasteiger partial charge in [0.2, 0.25) is 0 Å². The number of methoxy groups -OCH3 is 1. The first kappa shape index (κ1) is 17.6. The monoisotopic (exact) mass is 316 g/mol. The molecule has 23 heavy (non-hydrogen) atoms. The lowest BCUT2D eigenvalue weighted by atomic mass is 9.63. The number of fused-ring (bicyclic) bond motifs is 1. The Morgan fingerprint density at radius 3 is 2.57 bits per heavy atom. The number of hydrogen-bond donors (Lipinski definition) is 0. The van der Waals surface area contributed by atoms with Crippen molar-refractivity contribution in [2.24, 2.45) is 17.3 Å². The van der Waals surface area contributed by atoms with E-state index in [4.69, 9.17) is 9.47 Å². The molecule has 0 N–H and O–H groups in total. The standard InChI is InChI=1S/C20H28O3/c1-12(2)9-8-10-16-13(3)11-14(4)18-20(16,6)17(21)15(5)19(22-7)23-18/h8,10-12,16H,9H2,1-7H3/b10-8+/t16-,20-/m1/s1. The first-order valence-corrected chi connectivity index (χ1v) is 8.27. The predicted molar refractivity (Wildman–Crippen MR) is 92.5 cm³/mol. The van der Waals surface area contributed by atoms with E-state index in [2.05, 4.69) is 39.0 Å². The van der Waals surface area contributed by atoms with Gasteiger partial charge in [-0.05, 0) is 45.6 Å². The molecule has 0 saturated heterocycles. The van der Waals surface area contributed by atoms with Gasteiger partial charge in [0.1, 0.15) is 5.76 Å². The lowest BCUT2D eigenvalue weighted by Gasteiger charge is -2.43. The van der Waals surface area contributed by atoms with Gasteiger partial charge in [0.05, 0.1) is 18.1 Å². The molecule has 0 unspecified atom stereocenters. The van der Waals surface area contributed by atoms with Crippen LogP contribution in [0.5, 0.6) is 0 Å². The minimum atomic E-state index is -0.692. The van der Waals surface area contributed by atoms with E-state index in [1.165, 1.54) is 12.7 Å². The fourth-order valence-electron chi connectivity index (χ4n) is 3.61. The maximum atomic E-state index is 13.1. The number of carbonyl (C=O) groups excluding carboxylic acids is 1. The second-order valence-corrected chi connectivity index (χ2v) is 7.19. The van der Waals surface area contributed by atoms with E-state index in [1.807, 2.05) is 13.8 Å². The highest BCUT2D eigenvalue weighted by Crippen LogP contribution is 2.51. The number of Topliss-reactive ketones (excluding diaryl/α,β-unsaturated/α-hetero) is 1. The summed E-state index contributed by atoms with van der Waals surface area (Å²) in [6.07, 6.45) is 7.48. The molecule has 126 valence electrons. The van der Waals surface area contributed by atoms with Crippen molar-refractivity contribution in [2.45, 2.75) is 48.0 Å². The molecule has 2 rings (SSSR count). The minimum absolute atomic E-state index is 0.0146. The Labute approximate surface area is 139 Å². The molecular formula is C20H28O3. The predicted octanol–water partition coefficient (Wildman–Crippen LogP) is 4.92. The maximum absolute atomic E-state index is 13.1. The fourth-order valence-corrected chi connectivity index (χ4v) is 3.61. The minimum Gasteiger partial charge on any atom is -0.468 e. The fraction of sp³-hybridized carbons (Fsp3) is 0.550. The van der Waals surface area contributed by atoms with Crippen molar-refractivity contribution in [1.29, 1.82) is 0 Å². The molecule has 0 amide bonds. The van der Waals surface area contributed by atoms with Crippen LogP contribution in [0.1, 0.15) is 48.0 Å². The summed E-state index contributed by atoms with van der Waals surface area (Å²) in [6, 6.07) is 0. The lowest BCUT2D eigenvalue weighted by molar-refractivity contribution is -0.129. The zero-order chi connectivity index (χ0) is 17.4. The number of hydrogen-bond acceptors (Lipinski definition) is 3. The van der Waals surface area contributed by atoms with Crippen LogP contribution in [0.2, 0.25) is 0 Å². The normalized spacial score (nSPS) is 28.3. The summed E-state index contributed by atoms with van der Waals surface area (Å²) in [4.78, 5) is 13.1. The highest BCUT2D eigenvalue weighted by atomic mass is 16.7. The first-order chi connectivity index (χ1) is 10.7. The molecule has 0 bridgehead atoms. The Bertz CT molecular complexity index is 631. The van der Waals surface area contributed by atoms with Crippen LogP contribution in [0.3, 0.4) is 0 Å². The maximum Gasteiger partial charge on any atom is 0.290 e. The Morgan fingerprint density at radius 2 is 2.00 bits per heavy atom. The van der Waals surface area contributed by atoms with Gasteiger partial charge in [-0.15, -0.1) is 0 Å². The van der Waals surface area contributed by atoms with Crippen LogP contribution in [-0.2, 0) is 14.3 Å². The molecule has 1 aliphatic heterocycles. The molecule has 1 heterocycles. The van der Waals surface area contributed by atoms with Gasteiger partial charge in [-0.25, -0.2) is 0 Å². The Kier molecular flexibility index (Phi) is 4.88. The second-order valence-electron chi connectivity index (χ2n) is 7.19. The van der Waals surface area contributed by atoms with E-state index < -0.39 is 5.41 Å². The molecule has 0 aromatic heterocycles. The molecule has 0 fully saturated rings. The molecule has 1 aliphatic carbocycles. The van der Waals surface area contributed by atoms with Gasteiger partial charge in [0, 0.05) is 5.92 Å². The molecule has 0 radical (unpaired) electrons. The highest BCUT2D eigenvalue weighted by molar-refractivity contribution is 6.03. The van der Waals surface area contributed by atoms with Gasteiger partial charge < -0.3 is 9.47 Å². The van der Waals surface area contributed by atoms with Crippen molar-refractivity contribution in [3.63, 3.8) is 0 Å². The van der Waals surface area contributed by atoms with Crippen molar-refractivity contribution in [3.05, 3.63) is 46.7 Å². The molecule has 3 heteroatoms. The summed E-state index contributed by atoms with van der Waals surface area (Å²) in [7, 11) is 1.54. The van der Waals surface area contributed by atoms with Crippen LogP contribution in [0.25, 0.3) is 0 Å². The lowest BCUT2D eigenvalue weighted by Crippen LogP contribution is -2.44. The van der Waals surface area contributed by atoms with Crippen LogP contribution < -0.4 is 0 Å². The molecular weight excluding hydrogens is 288 g/mol. The largest absolute Gasteiger partial charge is 0.468 e. The zero-order valence-corrected chi connectivity index (χ0v) is 15.3. The average Bonchev–Trinajstić information content (AvgIpc) is 2.47. The van der Waals surface area contributed by atoms with Gasteiger partial charge in [-0.3, -0.25) is 4.79 Å². The summed E-state index contributed by atoms with van der Waals surface area (Å²) in [5, 5.41) is 0. The third-order valence-electron chi connectivity index (χ3n) is 4.82. The Morgan fingerprint density at radius 1 is 1.35 bits per heavy atom. The van der Waals surface area contributed by atoms with E-state index >= 15 is 0 Å². The van der Waals surface area contributed by atoms with Gasteiger partial charge in [-0.1, -0.05) is 37.6 Å². The second kappa shape index (κ2) is 6.38. The Hall–Kier alpha value is -1.77. The number of allylic oxidation sites excluding steroid dienone is 7. The molecule has 3 nitrogen and oxygen atoms in total. The number of carbonyl (C=O) groups is 1. The van der Waals surface area contributed by atoms with Crippen molar-refractivity contribution >= 4 is 5.78 Å². The number of ether oxygens (including phenoxy) is 2. The van der Waals surface area contributed by atoms with Crippen molar-refractivity contribution in [3.8, 4) is 0 Å². The number of rotatable bonds is 4. The van der Waals surface area contributed by atoms with E-state index in [-0.39, 0.29) is 11.7 Å². The summed E-state index contributed by atoms with van der Waals surface area (Å²) >= 11 is 0. The van der Waals surface area contributed by atoms with Gasteiger partial charge >= 0.3 is 0 Å². The van der Waals surface area contributed by atoms with E-state index in [0.717, 1.165) is 17.8 Å². The van der Waals surface area contributed by atoms with E-state index in [1.54, 1.807) is 6.92 Å². The Balaban J connectivity index is 2.52. The summed E-state index contributed by atoms with van der Waals surface area (Å²) in [5.74, 6) is 1.74. The molecule has 0 aromatic carbocycles. The summed E-state index contributed by atoms with van der Waals surface area (Å²) in [6.45, 7) is 12.2. The van der Waals surface area contributed by atoms with Crippen LogP contribution in [0, 0.1) is 17.3 Å². The number of ketones is 1. The molecule has 0 saturated carbocycles. The molecule has 0 spiro atoms. The topological polar surface area (TPSA) is 35.5 Å². The summed E-state index contributed by atoms with van der Waals surface area (Å²) < 4.78 is 11.2. The average molecular weight is 316 g/mol. The van der Waals surface area contributed by atoms with Crippen LogP contribution in [0.15, 0.2) is 46.7 Å². The van der Waals surface area contributed by atoms with E-state index in [9.17, 15) is 4.79 Å². The first-order valence-electron chi connectivity index (χ1n) is 8.27. The van der Waals surface area contributed by atoms with Crippen LogP contribution in [0.4, 0.5) is 0 Å². The molecule has 2 aliphatic rings. The van der Waals surface area contributed by atoms with Crippen LogP contribution >= 0.6 is 0 Å². The summed E-state index contributed by atoms with van der Waals surface area (Å²) in [5.41, 5.74) is 2.06. The van der Waals surface area contributed by atoms with Crippen molar-refractivity contribution in [1.82, 2.24) is 0 Å². The zero-order valence-electron chi connectivity index (χ0n) is 15.3. The van der Waals surface area contributed by atoms with Gasteiger partial charge in [-0.2, -0.15) is 0 Å². The van der Waals surface area contributed by atoms with Crippen molar-refractivity contribution < 1.29 is 14.3 Å². The van der Waals surface area contributed by atoms with Crippen molar-refractivity contribution in [2.75, 3.05) is 7.11 Å². The third-order valence-corrected chi connectivity index (χ3v) is 4.82. The quantitative estimate of drug-likeness (QED) is 0.690. The van der Waals surface area contributed by atoms with Gasteiger partial charge in [0.15, 0.2) is 5.78 Å². The van der Waals surface area contributed by atoms with Gasteiger partial charge in [0.25, 0.3) is 5.95 Å². The molecule has 2 atom stereocenters. The highest BCUT2D eigenvalue weighted by Gasteiger charge is 2.52. The van der Waals surface area contributed by atoms with Crippen LogP contribution in [-0.4, -0.2) is 12.9 Å².